The molecule has 41 heavy (non-hydrogen) atoms. The van der Waals surface area contributed by atoms with Crippen LogP contribution in [0.1, 0.15) is 102 Å². The van der Waals surface area contributed by atoms with Gasteiger partial charge in [0.15, 0.2) is 0 Å². The molecule has 2 nitrogen and oxygen atoms in total. The van der Waals surface area contributed by atoms with Crippen LogP contribution >= 0.6 is 0 Å². The zero-order valence-corrected chi connectivity index (χ0v) is 27.8. The monoisotopic (exact) mass is 727 g/mol. The molecular formula is C38H50IrN2. The van der Waals surface area contributed by atoms with Crippen LogP contribution in [-0.4, -0.2) is 9.97 Å². The molecule has 1 radical (unpaired) electrons. The van der Waals surface area contributed by atoms with Gasteiger partial charge in [0, 0.05) is 43.6 Å². The van der Waals surface area contributed by atoms with Gasteiger partial charge >= 0.3 is 0 Å². The number of unbranched alkanes of at least 4 members (excludes halogenated alkanes) is 10. The van der Waals surface area contributed by atoms with Gasteiger partial charge in [-0.1, -0.05) is 139 Å². The van der Waals surface area contributed by atoms with Gasteiger partial charge in [0.1, 0.15) is 0 Å². The first-order valence-corrected chi connectivity index (χ1v) is 15.8. The van der Waals surface area contributed by atoms with Crippen LogP contribution in [0.25, 0.3) is 22.5 Å². The third kappa shape index (κ3) is 13.3. The second-order valence-corrected chi connectivity index (χ2v) is 10.8. The zero-order chi connectivity index (χ0) is 28.1. The van der Waals surface area contributed by atoms with E-state index in [1.165, 1.54) is 112 Å². The molecule has 2 aromatic heterocycles. The fourth-order valence-electron chi connectivity index (χ4n) is 5.21. The maximum absolute atomic E-state index is 4.48. The van der Waals surface area contributed by atoms with Crippen molar-refractivity contribution in [2.24, 2.45) is 0 Å². The fraction of sp³-hybridized carbons (Fsp3) is 0.421. The molecule has 0 fully saturated rings. The Labute approximate surface area is 263 Å². The van der Waals surface area contributed by atoms with Crippen molar-refractivity contribution in [2.75, 3.05) is 0 Å². The predicted octanol–water partition coefficient (Wildman–Crippen LogP) is 11.3. The van der Waals surface area contributed by atoms with Gasteiger partial charge in [-0.2, -0.15) is 0 Å². The molecule has 0 bridgehead atoms. The number of benzene rings is 2. The molecule has 0 atom stereocenters. The van der Waals surface area contributed by atoms with Crippen molar-refractivity contribution in [3.63, 3.8) is 0 Å². The summed E-state index contributed by atoms with van der Waals surface area (Å²) in [6, 6.07) is 29.6. The van der Waals surface area contributed by atoms with E-state index < -0.39 is 0 Å². The van der Waals surface area contributed by atoms with Crippen molar-refractivity contribution in [3.05, 3.63) is 108 Å². The Kier molecular flexibility index (Phi) is 18.6. The number of aromatic nitrogens is 2. The van der Waals surface area contributed by atoms with Gasteiger partial charge in [0.2, 0.25) is 0 Å². The maximum Gasteiger partial charge on any atom is 0.0704 e. The largest absolute Gasteiger partial charge is 0.256 e. The van der Waals surface area contributed by atoms with Gasteiger partial charge < -0.3 is 0 Å². The summed E-state index contributed by atoms with van der Waals surface area (Å²) in [5.41, 5.74) is 7.63. The van der Waals surface area contributed by atoms with E-state index in [-0.39, 0.29) is 20.1 Å². The van der Waals surface area contributed by atoms with Crippen LogP contribution in [0.2, 0.25) is 0 Å². The van der Waals surface area contributed by atoms with Gasteiger partial charge in [-0.25, -0.2) is 0 Å². The summed E-state index contributed by atoms with van der Waals surface area (Å²) >= 11 is 0. The van der Waals surface area contributed by atoms with E-state index in [2.05, 4.69) is 96.6 Å². The van der Waals surface area contributed by atoms with Gasteiger partial charge in [-0.05, 0) is 61.1 Å². The summed E-state index contributed by atoms with van der Waals surface area (Å²) in [5, 5.41) is 0. The molecule has 0 saturated heterocycles. The first-order chi connectivity index (χ1) is 19.8. The minimum Gasteiger partial charge on any atom is -0.256 e. The first-order valence-electron chi connectivity index (χ1n) is 15.8. The van der Waals surface area contributed by atoms with Crippen LogP contribution in [0.3, 0.4) is 0 Å². The molecule has 2 heterocycles. The summed E-state index contributed by atoms with van der Waals surface area (Å²) in [7, 11) is 0. The first kappa shape index (κ1) is 34.6. The molecule has 0 aliphatic heterocycles. The second-order valence-electron chi connectivity index (χ2n) is 10.8. The zero-order valence-electron chi connectivity index (χ0n) is 25.4. The van der Waals surface area contributed by atoms with Gasteiger partial charge in [-0.3, -0.25) is 9.97 Å². The quantitative estimate of drug-likeness (QED) is 0.107. The Morgan fingerprint density at radius 3 is 1.17 bits per heavy atom. The van der Waals surface area contributed by atoms with E-state index in [1.807, 2.05) is 24.5 Å². The molecule has 4 aromatic rings. The van der Waals surface area contributed by atoms with Crippen LogP contribution in [-0.2, 0) is 32.9 Å². The Morgan fingerprint density at radius 1 is 0.415 bits per heavy atom. The molecule has 0 N–H and O–H groups in total. The van der Waals surface area contributed by atoms with Crippen molar-refractivity contribution in [3.8, 4) is 22.5 Å². The fourth-order valence-corrected chi connectivity index (χ4v) is 5.21. The van der Waals surface area contributed by atoms with Crippen LogP contribution in [0.5, 0.6) is 0 Å². The van der Waals surface area contributed by atoms with Crippen molar-refractivity contribution in [2.45, 2.75) is 104 Å². The minimum atomic E-state index is 0. The average molecular weight is 727 g/mol. The average Bonchev–Trinajstić information content (AvgIpc) is 3.02. The number of hydrogen-bond acceptors (Lipinski definition) is 2. The topological polar surface area (TPSA) is 25.8 Å². The summed E-state index contributed by atoms with van der Waals surface area (Å²) in [6.07, 6.45) is 22.3. The van der Waals surface area contributed by atoms with E-state index in [0.717, 1.165) is 11.4 Å². The second kappa shape index (κ2) is 22.0. The number of hydrogen-bond donors (Lipinski definition) is 0. The number of pyridine rings is 2. The number of rotatable bonds is 16. The van der Waals surface area contributed by atoms with Crippen LogP contribution in [0, 0.1) is 0 Å². The molecule has 0 amide bonds. The smallest absolute Gasteiger partial charge is 0.0704 e. The molecular weight excluding hydrogens is 677 g/mol. The Bertz CT molecular complexity index is 1080. The molecule has 3 heteroatoms. The third-order valence-corrected chi connectivity index (χ3v) is 7.52. The molecule has 0 aliphatic rings. The SMILES string of the molecule is CCCCCCCCc1ccccc1-c1ccccn1.CCCCCCCCc1ccccc1-c1ccccn1.[Ir]. The molecule has 0 spiro atoms. The molecule has 0 unspecified atom stereocenters. The van der Waals surface area contributed by atoms with Crippen molar-refractivity contribution in [1.29, 1.82) is 0 Å². The summed E-state index contributed by atoms with van der Waals surface area (Å²) in [6.45, 7) is 4.53. The molecule has 4 rings (SSSR count). The van der Waals surface area contributed by atoms with Gasteiger partial charge in [0.05, 0.1) is 11.4 Å². The molecule has 2 aromatic carbocycles. The Hall–Kier alpha value is -2.61. The third-order valence-electron chi connectivity index (χ3n) is 7.52. The normalized spacial score (nSPS) is 10.4. The van der Waals surface area contributed by atoms with Crippen molar-refractivity contribution in [1.82, 2.24) is 9.97 Å². The summed E-state index contributed by atoms with van der Waals surface area (Å²) < 4.78 is 0. The number of nitrogens with zero attached hydrogens (tertiary/aromatic N) is 2. The molecule has 0 saturated carbocycles. The Balaban J connectivity index is 0.000000280. The standard InChI is InChI=1S/2C19H25N.Ir/c2*1-2-3-4-5-6-7-12-17-13-8-9-14-18(17)19-15-10-11-16-20-19;/h2*8-11,13-16H,2-7,12H2,1H3;. The van der Waals surface area contributed by atoms with Crippen molar-refractivity contribution < 1.29 is 20.1 Å². The number of aryl methyl sites for hydroxylation is 2. The summed E-state index contributed by atoms with van der Waals surface area (Å²) in [5.74, 6) is 0. The molecule has 221 valence electrons. The van der Waals surface area contributed by atoms with Crippen LogP contribution < -0.4 is 0 Å². The van der Waals surface area contributed by atoms with E-state index in [0.29, 0.717) is 0 Å². The van der Waals surface area contributed by atoms with Gasteiger partial charge in [0.25, 0.3) is 0 Å². The van der Waals surface area contributed by atoms with Crippen molar-refractivity contribution >= 4 is 0 Å². The summed E-state index contributed by atoms with van der Waals surface area (Å²) in [4.78, 5) is 8.96. The predicted molar refractivity (Wildman–Crippen MR) is 174 cm³/mol. The van der Waals surface area contributed by atoms with Crippen LogP contribution in [0.15, 0.2) is 97.3 Å². The van der Waals surface area contributed by atoms with Gasteiger partial charge in [-0.15, -0.1) is 0 Å². The maximum atomic E-state index is 4.48. The minimum absolute atomic E-state index is 0. The molecule has 0 aliphatic carbocycles. The van der Waals surface area contributed by atoms with E-state index >= 15 is 0 Å². The van der Waals surface area contributed by atoms with Crippen LogP contribution in [0.4, 0.5) is 0 Å². The van der Waals surface area contributed by atoms with E-state index in [1.54, 1.807) is 0 Å². The van der Waals surface area contributed by atoms with E-state index in [9.17, 15) is 0 Å². The van der Waals surface area contributed by atoms with E-state index in [4.69, 9.17) is 0 Å². The Morgan fingerprint density at radius 2 is 0.780 bits per heavy atom.